The zero-order valence-electron chi connectivity index (χ0n) is 11.2. The van der Waals surface area contributed by atoms with E-state index in [1.165, 1.54) is 0 Å². The smallest absolute Gasteiger partial charge is 0.248 e. The van der Waals surface area contributed by atoms with Crippen LogP contribution in [0.5, 0.6) is 0 Å². The molecule has 1 fully saturated rings. The average molecular weight is 277 g/mol. The van der Waals surface area contributed by atoms with Crippen molar-refractivity contribution in [2.45, 2.75) is 6.42 Å². The SMILES string of the molecule is NC(=O)c1ccc(NC(=O)CN2CCC(CO)C2)cc1. The Balaban J connectivity index is 1.84. The molecular weight excluding hydrogens is 258 g/mol. The molecule has 6 nitrogen and oxygen atoms in total. The standard InChI is InChI=1S/C14H19N3O3/c15-14(20)11-1-3-12(4-2-11)16-13(19)8-17-6-5-10(7-17)9-18/h1-4,10,18H,5-9H2,(H2,15,20)(H,16,19). The van der Waals surface area contributed by atoms with Crippen LogP contribution in [0, 0.1) is 5.92 Å². The van der Waals surface area contributed by atoms with Gasteiger partial charge in [-0.2, -0.15) is 0 Å². The number of hydrogen-bond acceptors (Lipinski definition) is 4. The number of nitrogens with zero attached hydrogens (tertiary/aromatic N) is 1. The van der Waals surface area contributed by atoms with E-state index in [0.29, 0.717) is 17.8 Å². The Hall–Kier alpha value is -1.92. The molecule has 1 aromatic carbocycles. The normalized spacial score (nSPS) is 18.9. The fourth-order valence-electron chi connectivity index (χ4n) is 2.33. The number of hydrogen-bond donors (Lipinski definition) is 3. The van der Waals surface area contributed by atoms with Gasteiger partial charge in [-0.1, -0.05) is 0 Å². The third-order valence-electron chi connectivity index (χ3n) is 3.45. The summed E-state index contributed by atoms with van der Waals surface area (Å²) >= 11 is 0. The first kappa shape index (κ1) is 14.5. The summed E-state index contributed by atoms with van der Waals surface area (Å²) in [5, 5.41) is 11.8. The number of benzene rings is 1. The molecule has 0 saturated carbocycles. The Morgan fingerprint density at radius 2 is 2.05 bits per heavy atom. The van der Waals surface area contributed by atoms with Gasteiger partial charge < -0.3 is 16.2 Å². The molecule has 1 aliphatic heterocycles. The van der Waals surface area contributed by atoms with Gasteiger partial charge in [-0.3, -0.25) is 14.5 Å². The van der Waals surface area contributed by atoms with E-state index >= 15 is 0 Å². The molecule has 0 bridgehead atoms. The van der Waals surface area contributed by atoms with Crippen LogP contribution in [0.15, 0.2) is 24.3 Å². The van der Waals surface area contributed by atoms with E-state index in [2.05, 4.69) is 5.32 Å². The lowest BCUT2D eigenvalue weighted by Crippen LogP contribution is -2.31. The van der Waals surface area contributed by atoms with Crippen molar-refractivity contribution in [2.24, 2.45) is 11.7 Å². The van der Waals surface area contributed by atoms with Crippen molar-refractivity contribution in [3.63, 3.8) is 0 Å². The van der Waals surface area contributed by atoms with Crippen LogP contribution in [0.25, 0.3) is 0 Å². The van der Waals surface area contributed by atoms with Gasteiger partial charge in [0.1, 0.15) is 0 Å². The molecule has 0 radical (unpaired) electrons. The molecule has 4 N–H and O–H groups in total. The van der Waals surface area contributed by atoms with Crippen molar-refractivity contribution >= 4 is 17.5 Å². The number of rotatable bonds is 5. The molecule has 20 heavy (non-hydrogen) atoms. The Bertz CT molecular complexity index is 487. The summed E-state index contributed by atoms with van der Waals surface area (Å²) in [4.78, 5) is 24.8. The Morgan fingerprint density at radius 3 is 2.60 bits per heavy atom. The van der Waals surface area contributed by atoms with E-state index in [0.717, 1.165) is 19.5 Å². The second kappa shape index (κ2) is 6.49. The second-order valence-corrected chi connectivity index (χ2v) is 5.06. The first-order valence-electron chi connectivity index (χ1n) is 6.61. The molecule has 1 unspecified atom stereocenters. The number of anilines is 1. The van der Waals surface area contributed by atoms with Crippen molar-refractivity contribution in [3.05, 3.63) is 29.8 Å². The second-order valence-electron chi connectivity index (χ2n) is 5.06. The van der Waals surface area contributed by atoms with Gasteiger partial charge in [-0.15, -0.1) is 0 Å². The summed E-state index contributed by atoms with van der Waals surface area (Å²) in [6.45, 7) is 2.07. The average Bonchev–Trinajstić information content (AvgIpc) is 2.86. The topological polar surface area (TPSA) is 95.7 Å². The van der Waals surface area contributed by atoms with Crippen LogP contribution < -0.4 is 11.1 Å². The fraction of sp³-hybridized carbons (Fsp3) is 0.429. The van der Waals surface area contributed by atoms with E-state index < -0.39 is 5.91 Å². The number of aliphatic hydroxyl groups is 1. The van der Waals surface area contributed by atoms with E-state index in [1.807, 2.05) is 4.90 Å². The monoisotopic (exact) mass is 277 g/mol. The van der Waals surface area contributed by atoms with E-state index in [-0.39, 0.29) is 18.4 Å². The van der Waals surface area contributed by atoms with E-state index in [4.69, 9.17) is 10.8 Å². The van der Waals surface area contributed by atoms with Gasteiger partial charge in [0.05, 0.1) is 6.54 Å². The molecule has 0 aliphatic carbocycles. The predicted octanol–water partition coefficient (Wildman–Crippen LogP) is 0.0382. The largest absolute Gasteiger partial charge is 0.396 e. The zero-order valence-corrected chi connectivity index (χ0v) is 11.2. The molecule has 1 aliphatic rings. The summed E-state index contributed by atoms with van der Waals surface area (Å²) < 4.78 is 0. The summed E-state index contributed by atoms with van der Waals surface area (Å²) in [5.41, 5.74) is 6.19. The van der Waals surface area contributed by atoms with Crippen molar-refractivity contribution in [1.82, 2.24) is 4.90 Å². The van der Waals surface area contributed by atoms with Crippen LogP contribution >= 0.6 is 0 Å². The van der Waals surface area contributed by atoms with Crippen molar-refractivity contribution < 1.29 is 14.7 Å². The first-order chi connectivity index (χ1) is 9.58. The Labute approximate surface area is 117 Å². The molecule has 1 aromatic rings. The fourth-order valence-corrected chi connectivity index (χ4v) is 2.33. The summed E-state index contributed by atoms with van der Waals surface area (Å²) in [6, 6.07) is 6.46. The van der Waals surface area contributed by atoms with E-state index in [1.54, 1.807) is 24.3 Å². The highest BCUT2D eigenvalue weighted by Gasteiger charge is 2.23. The lowest BCUT2D eigenvalue weighted by molar-refractivity contribution is -0.117. The molecular formula is C14H19N3O3. The predicted molar refractivity (Wildman–Crippen MR) is 75.2 cm³/mol. The maximum atomic E-state index is 11.9. The molecule has 1 saturated heterocycles. The van der Waals surface area contributed by atoms with Gasteiger partial charge >= 0.3 is 0 Å². The maximum absolute atomic E-state index is 11.9. The van der Waals surface area contributed by atoms with Gasteiger partial charge in [-0.25, -0.2) is 0 Å². The lowest BCUT2D eigenvalue weighted by Gasteiger charge is -2.15. The zero-order chi connectivity index (χ0) is 14.5. The highest BCUT2D eigenvalue weighted by molar-refractivity contribution is 5.95. The van der Waals surface area contributed by atoms with Gasteiger partial charge in [0, 0.05) is 24.4 Å². The number of nitrogens with two attached hydrogens (primary N) is 1. The summed E-state index contributed by atoms with van der Waals surface area (Å²) in [6.07, 6.45) is 0.928. The third kappa shape index (κ3) is 3.79. The van der Waals surface area contributed by atoms with Crippen LogP contribution in [0.1, 0.15) is 16.8 Å². The quantitative estimate of drug-likeness (QED) is 0.708. The highest BCUT2D eigenvalue weighted by atomic mass is 16.3. The van der Waals surface area contributed by atoms with Crippen LogP contribution in [-0.4, -0.2) is 48.1 Å². The number of primary amides is 1. The Kier molecular flexibility index (Phi) is 4.70. The molecule has 108 valence electrons. The maximum Gasteiger partial charge on any atom is 0.248 e. The minimum Gasteiger partial charge on any atom is -0.396 e. The number of carbonyl (C=O) groups excluding carboxylic acids is 2. The van der Waals surface area contributed by atoms with Crippen molar-refractivity contribution in [1.29, 1.82) is 0 Å². The van der Waals surface area contributed by atoms with Gasteiger partial charge in [0.2, 0.25) is 11.8 Å². The molecule has 0 aromatic heterocycles. The highest BCUT2D eigenvalue weighted by Crippen LogP contribution is 2.15. The van der Waals surface area contributed by atoms with Crippen LogP contribution in [0.4, 0.5) is 5.69 Å². The van der Waals surface area contributed by atoms with Gasteiger partial charge in [0.25, 0.3) is 0 Å². The number of likely N-dealkylation sites (tertiary alicyclic amines) is 1. The third-order valence-corrected chi connectivity index (χ3v) is 3.45. The summed E-state index contributed by atoms with van der Waals surface area (Å²) in [5.74, 6) is -0.317. The van der Waals surface area contributed by atoms with Crippen LogP contribution in [0.3, 0.4) is 0 Å². The molecule has 1 heterocycles. The molecule has 2 amide bonds. The van der Waals surface area contributed by atoms with Crippen LogP contribution in [-0.2, 0) is 4.79 Å². The van der Waals surface area contributed by atoms with Gasteiger partial charge in [0.15, 0.2) is 0 Å². The number of aliphatic hydroxyl groups excluding tert-OH is 1. The lowest BCUT2D eigenvalue weighted by atomic mass is 10.1. The minimum atomic E-state index is -0.491. The molecule has 1 atom stereocenters. The number of carbonyl (C=O) groups is 2. The minimum absolute atomic E-state index is 0.101. The molecule has 2 rings (SSSR count). The molecule has 6 heteroatoms. The first-order valence-corrected chi connectivity index (χ1v) is 6.61. The van der Waals surface area contributed by atoms with Crippen LogP contribution in [0.2, 0.25) is 0 Å². The number of nitrogens with one attached hydrogen (secondary N) is 1. The molecule has 0 spiro atoms. The van der Waals surface area contributed by atoms with E-state index in [9.17, 15) is 9.59 Å². The van der Waals surface area contributed by atoms with Crippen molar-refractivity contribution in [2.75, 3.05) is 31.6 Å². The van der Waals surface area contributed by atoms with Crippen molar-refractivity contribution in [3.8, 4) is 0 Å². The summed E-state index contributed by atoms with van der Waals surface area (Å²) in [7, 11) is 0. The number of amides is 2. The van der Waals surface area contributed by atoms with Gasteiger partial charge in [-0.05, 0) is 43.1 Å². The Morgan fingerprint density at radius 1 is 1.35 bits per heavy atom.